The summed E-state index contributed by atoms with van der Waals surface area (Å²) in [5.74, 6) is 1.06. The van der Waals surface area contributed by atoms with E-state index in [-0.39, 0.29) is 18.7 Å². The van der Waals surface area contributed by atoms with Crippen LogP contribution in [0.1, 0.15) is 97.7 Å². The highest BCUT2D eigenvalue weighted by atomic mass is 16.6. The average molecular weight is 529 g/mol. The van der Waals surface area contributed by atoms with Crippen molar-refractivity contribution in [2.75, 3.05) is 6.54 Å². The summed E-state index contributed by atoms with van der Waals surface area (Å²) in [6.45, 7) is 13.2. The number of ether oxygens (including phenoxy) is 1. The lowest BCUT2D eigenvalue weighted by Crippen LogP contribution is -2.59. The minimum Gasteiger partial charge on any atom is -0.444 e. The van der Waals surface area contributed by atoms with Gasteiger partial charge in [-0.3, -0.25) is 14.4 Å². The molecule has 0 spiro atoms. The van der Waals surface area contributed by atoms with Gasteiger partial charge in [0.15, 0.2) is 0 Å². The quantitative estimate of drug-likeness (QED) is 0.265. The van der Waals surface area contributed by atoms with Gasteiger partial charge in [-0.05, 0) is 71.6 Å². The minimum absolute atomic E-state index is 0.0517. The number of alkyl carbamates (subject to hydrolysis) is 1. The number of terminal acetylenes is 1. The van der Waals surface area contributed by atoms with Gasteiger partial charge in [-0.25, -0.2) is 4.79 Å². The number of hydrogen-bond donors (Lipinski definition) is 3. The van der Waals surface area contributed by atoms with Crippen LogP contribution in [0.4, 0.5) is 4.79 Å². The Morgan fingerprint density at radius 1 is 1.08 bits per heavy atom. The molecule has 0 aliphatic carbocycles. The number of benzene rings is 1. The van der Waals surface area contributed by atoms with Crippen molar-refractivity contribution in [2.45, 2.75) is 104 Å². The third kappa shape index (κ3) is 10.1. The average Bonchev–Trinajstić information content (AvgIpc) is 2.83. The molecule has 1 aromatic carbocycles. The maximum absolute atomic E-state index is 14.2. The van der Waals surface area contributed by atoms with Crippen LogP contribution in [0.3, 0.4) is 0 Å². The smallest absolute Gasteiger partial charge is 0.408 e. The molecule has 0 heterocycles. The molecule has 0 aromatic heterocycles. The van der Waals surface area contributed by atoms with Gasteiger partial charge in [0.2, 0.25) is 17.7 Å². The van der Waals surface area contributed by atoms with E-state index in [0.29, 0.717) is 24.1 Å². The van der Waals surface area contributed by atoms with Gasteiger partial charge in [0.25, 0.3) is 0 Å². The van der Waals surface area contributed by atoms with Crippen molar-refractivity contribution in [3.05, 3.63) is 35.4 Å². The predicted molar refractivity (Wildman–Crippen MR) is 148 cm³/mol. The highest BCUT2D eigenvalue weighted by Gasteiger charge is 2.43. The fourth-order valence-corrected chi connectivity index (χ4v) is 3.77. The van der Waals surface area contributed by atoms with E-state index < -0.39 is 41.1 Å². The highest BCUT2D eigenvalue weighted by molar-refractivity contribution is 5.93. The molecule has 0 saturated carbocycles. The number of hydrogen-bond acceptors (Lipinski definition) is 5. The number of carbonyl (C=O) groups is 4. The molecule has 4 amide bonds. The highest BCUT2D eigenvalue weighted by Crippen LogP contribution is 2.33. The van der Waals surface area contributed by atoms with Crippen LogP contribution in [0.2, 0.25) is 0 Å². The van der Waals surface area contributed by atoms with E-state index in [4.69, 9.17) is 16.9 Å². The summed E-state index contributed by atoms with van der Waals surface area (Å²) >= 11 is 0. The second kappa shape index (κ2) is 14.4. The number of nitrogens with zero attached hydrogens (tertiary/aromatic N) is 1. The second-order valence-corrected chi connectivity index (χ2v) is 10.9. The van der Waals surface area contributed by atoms with Gasteiger partial charge in [-0.15, -0.1) is 6.42 Å². The van der Waals surface area contributed by atoms with E-state index in [1.54, 1.807) is 45.0 Å². The van der Waals surface area contributed by atoms with E-state index in [9.17, 15) is 19.2 Å². The Hall–Kier alpha value is -3.54. The van der Waals surface area contributed by atoms with Crippen LogP contribution in [0, 0.1) is 12.3 Å². The first-order chi connectivity index (χ1) is 17.7. The topological polar surface area (TPSA) is 131 Å². The first-order valence-electron chi connectivity index (χ1n) is 13.1. The molecule has 1 rings (SSSR count). The third-order valence-corrected chi connectivity index (χ3v) is 6.15. The lowest BCUT2D eigenvalue weighted by molar-refractivity contribution is -0.149. The van der Waals surface area contributed by atoms with E-state index >= 15 is 0 Å². The van der Waals surface area contributed by atoms with Crippen LogP contribution in [-0.4, -0.2) is 52.4 Å². The summed E-state index contributed by atoms with van der Waals surface area (Å²) in [4.78, 5) is 53.6. The molecular formula is C29H44N4O5. The monoisotopic (exact) mass is 528 g/mol. The Balaban J connectivity index is 3.63. The van der Waals surface area contributed by atoms with Gasteiger partial charge in [-0.1, -0.05) is 38.3 Å². The summed E-state index contributed by atoms with van der Waals surface area (Å²) < 4.78 is 5.37. The summed E-state index contributed by atoms with van der Waals surface area (Å²) in [6.07, 6.45) is 6.69. The molecule has 1 aromatic rings. The third-order valence-electron chi connectivity index (χ3n) is 6.15. The summed E-state index contributed by atoms with van der Waals surface area (Å²) in [6, 6.07) is 4.71. The van der Waals surface area contributed by atoms with Gasteiger partial charge < -0.3 is 26.0 Å². The first-order valence-corrected chi connectivity index (χ1v) is 13.1. The Morgan fingerprint density at radius 3 is 2.16 bits per heavy atom. The number of amides is 4. The Bertz CT molecular complexity index is 1010. The number of rotatable bonds is 13. The maximum atomic E-state index is 14.2. The van der Waals surface area contributed by atoms with Crippen molar-refractivity contribution in [3.63, 3.8) is 0 Å². The molecule has 2 atom stereocenters. The molecule has 9 nitrogen and oxygen atoms in total. The SMILES string of the molecule is C#Cc1ccc(C(C(=O)NCCCC)N(C(=O)C(CCC(N)=O)NC(=O)OC(C)(C)C)C(C)(C)CC)cc1. The molecular weight excluding hydrogens is 484 g/mol. The van der Waals surface area contributed by atoms with Crippen molar-refractivity contribution in [1.82, 2.24) is 15.5 Å². The summed E-state index contributed by atoms with van der Waals surface area (Å²) in [5.41, 5.74) is 4.96. The molecule has 38 heavy (non-hydrogen) atoms. The van der Waals surface area contributed by atoms with Gasteiger partial charge in [0, 0.05) is 24.1 Å². The van der Waals surface area contributed by atoms with E-state index in [2.05, 4.69) is 16.6 Å². The lowest BCUT2D eigenvalue weighted by atomic mass is 9.91. The van der Waals surface area contributed by atoms with E-state index in [0.717, 1.165) is 12.8 Å². The zero-order valence-corrected chi connectivity index (χ0v) is 23.8. The Kier molecular flexibility index (Phi) is 12.3. The van der Waals surface area contributed by atoms with Crippen LogP contribution < -0.4 is 16.4 Å². The van der Waals surface area contributed by atoms with E-state index in [1.807, 2.05) is 27.7 Å². The fraction of sp³-hybridized carbons (Fsp3) is 0.586. The first kappa shape index (κ1) is 32.5. The largest absolute Gasteiger partial charge is 0.444 e. The fourth-order valence-electron chi connectivity index (χ4n) is 3.77. The Labute approximate surface area is 227 Å². The summed E-state index contributed by atoms with van der Waals surface area (Å²) in [5, 5.41) is 5.55. The van der Waals surface area contributed by atoms with Crippen LogP contribution in [0.15, 0.2) is 24.3 Å². The Morgan fingerprint density at radius 2 is 1.68 bits per heavy atom. The van der Waals surface area contributed by atoms with Crippen LogP contribution in [-0.2, 0) is 19.1 Å². The van der Waals surface area contributed by atoms with E-state index in [1.165, 1.54) is 4.90 Å². The molecule has 0 aliphatic heterocycles. The van der Waals surface area contributed by atoms with Gasteiger partial charge in [-0.2, -0.15) is 0 Å². The second-order valence-electron chi connectivity index (χ2n) is 10.9. The maximum Gasteiger partial charge on any atom is 0.408 e. The molecule has 0 bridgehead atoms. The van der Waals surface area contributed by atoms with Crippen LogP contribution >= 0.6 is 0 Å². The van der Waals surface area contributed by atoms with Gasteiger partial charge in [0.1, 0.15) is 17.7 Å². The van der Waals surface area contributed by atoms with Gasteiger partial charge >= 0.3 is 6.09 Å². The molecule has 2 unspecified atom stereocenters. The van der Waals surface area contributed by atoms with Crippen molar-refractivity contribution in [3.8, 4) is 12.3 Å². The standard InChI is InChI=1S/C29H44N4O5/c1-9-12-19-31-25(35)24(21-15-13-20(10-2)14-16-21)33(29(7,8)11-3)26(36)22(17-18-23(30)34)32-27(37)38-28(4,5)6/h2,13-16,22,24H,9,11-12,17-19H2,1,3-8H3,(H2,30,34)(H,31,35)(H,32,37). The number of unbranched alkanes of at least 4 members (excludes halogenated alkanes) is 1. The number of primary amides is 1. The normalized spacial score (nSPS) is 13.0. The zero-order chi connectivity index (χ0) is 29.1. The van der Waals surface area contributed by atoms with Crippen LogP contribution in [0.5, 0.6) is 0 Å². The lowest BCUT2D eigenvalue weighted by Gasteiger charge is -2.44. The summed E-state index contributed by atoms with van der Waals surface area (Å²) in [7, 11) is 0. The van der Waals surface area contributed by atoms with Gasteiger partial charge in [0.05, 0.1) is 0 Å². The number of nitrogens with two attached hydrogens (primary N) is 1. The number of carbonyl (C=O) groups excluding carboxylic acids is 4. The molecule has 9 heteroatoms. The molecule has 4 N–H and O–H groups in total. The molecule has 0 saturated heterocycles. The predicted octanol–water partition coefficient (Wildman–Crippen LogP) is 3.80. The molecule has 0 radical (unpaired) electrons. The molecule has 210 valence electrons. The van der Waals surface area contributed by atoms with Crippen molar-refractivity contribution in [2.24, 2.45) is 5.73 Å². The number of nitrogens with one attached hydrogen (secondary N) is 2. The van der Waals surface area contributed by atoms with Crippen LogP contribution in [0.25, 0.3) is 0 Å². The minimum atomic E-state index is -1.15. The molecule has 0 aliphatic rings. The molecule has 0 fully saturated rings. The van der Waals surface area contributed by atoms with Crippen molar-refractivity contribution in [1.29, 1.82) is 0 Å². The van der Waals surface area contributed by atoms with Crippen molar-refractivity contribution >= 4 is 23.8 Å². The van der Waals surface area contributed by atoms with Crippen molar-refractivity contribution < 1.29 is 23.9 Å². The zero-order valence-electron chi connectivity index (χ0n) is 23.8.